The minimum atomic E-state index is -0.0741. The SMILES string of the molecule is CC(C)CN(C)C(=O)C(C)Sc1ccc(Cl)cc1. The number of benzene rings is 1. The number of thioether (sulfide) groups is 1. The topological polar surface area (TPSA) is 20.3 Å². The fourth-order valence-corrected chi connectivity index (χ4v) is 2.82. The van der Waals surface area contributed by atoms with E-state index in [1.165, 1.54) is 0 Å². The van der Waals surface area contributed by atoms with Gasteiger partial charge in [-0.05, 0) is 37.1 Å². The first kappa shape index (κ1) is 15.4. The van der Waals surface area contributed by atoms with Gasteiger partial charge in [0.1, 0.15) is 0 Å². The summed E-state index contributed by atoms with van der Waals surface area (Å²) < 4.78 is 0. The Bertz CT molecular complexity index is 391. The largest absolute Gasteiger partial charge is 0.345 e. The maximum atomic E-state index is 12.1. The van der Waals surface area contributed by atoms with Crippen molar-refractivity contribution in [3.63, 3.8) is 0 Å². The van der Waals surface area contributed by atoms with Crippen LogP contribution in [0.3, 0.4) is 0 Å². The highest BCUT2D eigenvalue weighted by molar-refractivity contribution is 8.00. The summed E-state index contributed by atoms with van der Waals surface area (Å²) in [5, 5.41) is 0.644. The van der Waals surface area contributed by atoms with Gasteiger partial charge in [0, 0.05) is 23.5 Å². The van der Waals surface area contributed by atoms with Crippen molar-refractivity contribution < 1.29 is 4.79 Å². The first-order valence-corrected chi connectivity index (χ1v) is 7.33. The van der Waals surface area contributed by atoms with Gasteiger partial charge in [0.05, 0.1) is 5.25 Å². The van der Waals surface area contributed by atoms with E-state index in [0.29, 0.717) is 5.92 Å². The van der Waals surface area contributed by atoms with Crippen molar-refractivity contribution >= 4 is 29.3 Å². The van der Waals surface area contributed by atoms with Crippen LogP contribution in [0.25, 0.3) is 0 Å². The van der Waals surface area contributed by atoms with Crippen LogP contribution in [0.15, 0.2) is 29.2 Å². The number of halogens is 1. The van der Waals surface area contributed by atoms with E-state index in [-0.39, 0.29) is 11.2 Å². The van der Waals surface area contributed by atoms with Gasteiger partial charge in [-0.3, -0.25) is 4.79 Å². The molecule has 0 N–H and O–H groups in total. The van der Waals surface area contributed by atoms with E-state index < -0.39 is 0 Å². The first-order chi connectivity index (χ1) is 8.40. The lowest BCUT2D eigenvalue weighted by atomic mass is 10.2. The molecule has 1 rings (SSSR count). The van der Waals surface area contributed by atoms with Gasteiger partial charge in [-0.15, -0.1) is 11.8 Å². The van der Waals surface area contributed by atoms with Crippen molar-refractivity contribution in [1.29, 1.82) is 0 Å². The fraction of sp³-hybridized carbons (Fsp3) is 0.500. The molecule has 1 aromatic carbocycles. The second-order valence-corrected chi connectivity index (χ2v) is 6.68. The zero-order valence-electron chi connectivity index (χ0n) is 11.3. The van der Waals surface area contributed by atoms with Crippen LogP contribution in [-0.2, 0) is 4.79 Å². The molecule has 0 fully saturated rings. The molecular weight excluding hydrogens is 266 g/mol. The predicted molar refractivity (Wildman–Crippen MR) is 79.2 cm³/mol. The van der Waals surface area contributed by atoms with E-state index in [1.54, 1.807) is 16.7 Å². The Morgan fingerprint density at radius 2 is 1.83 bits per heavy atom. The van der Waals surface area contributed by atoms with Gasteiger partial charge in [0.2, 0.25) is 5.91 Å². The Balaban J connectivity index is 2.56. The second kappa shape index (κ2) is 7.05. The van der Waals surface area contributed by atoms with Crippen LogP contribution in [0.4, 0.5) is 0 Å². The fourth-order valence-electron chi connectivity index (χ4n) is 1.72. The van der Waals surface area contributed by atoms with Gasteiger partial charge in [-0.1, -0.05) is 25.4 Å². The number of carbonyl (C=O) groups excluding carboxylic acids is 1. The van der Waals surface area contributed by atoms with Crippen molar-refractivity contribution in [3.8, 4) is 0 Å². The molecule has 18 heavy (non-hydrogen) atoms. The summed E-state index contributed by atoms with van der Waals surface area (Å²) in [6, 6.07) is 7.58. The Morgan fingerprint density at radius 1 is 1.28 bits per heavy atom. The van der Waals surface area contributed by atoms with Gasteiger partial charge < -0.3 is 4.90 Å². The quantitative estimate of drug-likeness (QED) is 0.764. The monoisotopic (exact) mass is 285 g/mol. The average molecular weight is 286 g/mol. The van der Waals surface area contributed by atoms with Crippen LogP contribution in [0.1, 0.15) is 20.8 Å². The van der Waals surface area contributed by atoms with Gasteiger partial charge in [-0.2, -0.15) is 0 Å². The predicted octanol–water partition coefficient (Wildman–Crippen LogP) is 3.94. The Kier molecular flexibility index (Phi) is 6.03. The van der Waals surface area contributed by atoms with Crippen LogP contribution in [0.5, 0.6) is 0 Å². The third-order valence-corrected chi connectivity index (χ3v) is 3.84. The molecule has 4 heteroatoms. The molecule has 0 spiro atoms. The van der Waals surface area contributed by atoms with Crippen molar-refractivity contribution in [2.24, 2.45) is 5.92 Å². The molecule has 1 unspecified atom stereocenters. The molecule has 0 heterocycles. The summed E-state index contributed by atoms with van der Waals surface area (Å²) in [4.78, 5) is 15.0. The van der Waals surface area contributed by atoms with Gasteiger partial charge in [0.25, 0.3) is 0 Å². The highest BCUT2D eigenvalue weighted by Gasteiger charge is 2.19. The summed E-state index contributed by atoms with van der Waals surface area (Å²) in [7, 11) is 1.86. The molecule has 0 saturated carbocycles. The third kappa shape index (κ3) is 4.91. The van der Waals surface area contributed by atoms with Crippen molar-refractivity contribution in [2.45, 2.75) is 30.9 Å². The Hall–Kier alpha value is -0.670. The highest BCUT2D eigenvalue weighted by atomic mass is 35.5. The molecule has 2 nitrogen and oxygen atoms in total. The highest BCUT2D eigenvalue weighted by Crippen LogP contribution is 2.25. The molecule has 0 aromatic heterocycles. The number of nitrogens with zero attached hydrogens (tertiary/aromatic N) is 1. The summed E-state index contributed by atoms with van der Waals surface area (Å²) in [6.45, 7) is 6.96. The van der Waals surface area contributed by atoms with E-state index in [0.717, 1.165) is 16.5 Å². The molecular formula is C14H20ClNOS. The minimum absolute atomic E-state index is 0.0741. The standard InChI is InChI=1S/C14H20ClNOS/c1-10(2)9-16(4)14(17)11(3)18-13-7-5-12(15)6-8-13/h5-8,10-11H,9H2,1-4H3. The summed E-state index contributed by atoms with van der Waals surface area (Å²) in [6.07, 6.45) is 0. The van der Waals surface area contributed by atoms with E-state index in [2.05, 4.69) is 13.8 Å². The summed E-state index contributed by atoms with van der Waals surface area (Å²) in [5.74, 6) is 0.662. The van der Waals surface area contributed by atoms with Crippen LogP contribution in [-0.4, -0.2) is 29.6 Å². The molecule has 0 aliphatic carbocycles. The van der Waals surface area contributed by atoms with Gasteiger partial charge in [-0.25, -0.2) is 0 Å². The number of hydrogen-bond donors (Lipinski definition) is 0. The van der Waals surface area contributed by atoms with Crippen molar-refractivity contribution in [2.75, 3.05) is 13.6 Å². The first-order valence-electron chi connectivity index (χ1n) is 6.07. The maximum Gasteiger partial charge on any atom is 0.235 e. The smallest absolute Gasteiger partial charge is 0.235 e. The lowest BCUT2D eigenvalue weighted by Crippen LogP contribution is -2.35. The molecule has 100 valence electrons. The van der Waals surface area contributed by atoms with Crippen molar-refractivity contribution in [1.82, 2.24) is 4.90 Å². The van der Waals surface area contributed by atoms with E-state index in [1.807, 2.05) is 38.2 Å². The van der Waals surface area contributed by atoms with Gasteiger partial charge in [0.15, 0.2) is 0 Å². The second-order valence-electron chi connectivity index (χ2n) is 4.83. The molecule has 0 saturated heterocycles. The average Bonchev–Trinajstić information content (AvgIpc) is 2.30. The summed E-state index contributed by atoms with van der Waals surface area (Å²) in [5.41, 5.74) is 0. The lowest BCUT2D eigenvalue weighted by molar-refractivity contribution is -0.129. The van der Waals surface area contributed by atoms with Crippen LogP contribution < -0.4 is 0 Å². The normalized spacial score (nSPS) is 12.6. The van der Waals surface area contributed by atoms with Crippen molar-refractivity contribution in [3.05, 3.63) is 29.3 Å². The number of carbonyl (C=O) groups is 1. The zero-order valence-corrected chi connectivity index (χ0v) is 12.9. The molecule has 0 bridgehead atoms. The minimum Gasteiger partial charge on any atom is -0.345 e. The summed E-state index contributed by atoms with van der Waals surface area (Å²) >= 11 is 7.40. The molecule has 1 aromatic rings. The van der Waals surface area contributed by atoms with Crippen LogP contribution in [0.2, 0.25) is 5.02 Å². The lowest BCUT2D eigenvalue weighted by Gasteiger charge is -2.22. The van der Waals surface area contributed by atoms with Gasteiger partial charge >= 0.3 is 0 Å². The van der Waals surface area contributed by atoms with E-state index in [4.69, 9.17) is 11.6 Å². The number of hydrogen-bond acceptors (Lipinski definition) is 2. The molecule has 0 radical (unpaired) electrons. The van der Waals surface area contributed by atoms with E-state index in [9.17, 15) is 4.79 Å². The number of amides is 1. The third-order valence-electron chi connectivity index (χ3n) is 2.49. The van der Waals surface area contributed by atoms with E-state index >= 15 is 0 Å². The molecule has 1 amide bonds. The number of rotatable bonds is 5. The Morgan fingerprint density at radius 3 is 2.33 bits per heavy atom. The Labute approximate surface area is 119 Å². The molecule has 0 aliphatic heterocycles. The zero-order chi connectivity index (χ0) is 13.7. The van der Waals surface area contributed by atoms with Crippen LogP contribution >= 0.6 is 23.4 Å². The van der Waals surface area contributed by atoms with Crippen LogP contribution in [0, 0.1) is 5.92 Å². The molecule has 1 atom stereocenters. The maximum absolute atomic E-state index is 12.1. The molecule has 0 aliphatic rings.